The number of rotatable bonds is 7. The van der Waals surface area contributed by atoms with Crippen LogP contribution >= 0.6 is 0 Å². The third-order valence-electron chi connectivity index (χ3n) is 4.01. The lowest BCUT2D eigenvalue weighted by Gasteiger charge is -2.32. The van der Waals surface area contributed by atoms with E-state index < -0.39 is 5.41 Å². The number of ether oxygens (including phenoxy) is 1. The first-order chi connectivity index (χ1) is 9.50. The maximum Gasteiger partial charge on any atom is 0.317 e. The smallest absolute Gasteiger partial charge is 0.317 e. The highest BCUT2D eigenvalue weighted by Crippen LogP contribution is 2.33. The second-order valence-electron chi connectivity index (χ2n) is 5.74. The zero-order valence-electron chi connectivity index (χ0n) is 13.1. The Balaban J connectivity index is 3.17. The summed E-state index contributed by atoms with van der Waals surface area (Å²) in [5.41, 5.74) is 7.40. The molecule has 0 saturated carbocycles. The number of carbonyl (C=O) groups excluding carboxylic acids is 1. The molecule has 0 aliphatic heterocycles. The summed E-state index contributed by atoms with van der Waals surface area (Å²) >= 11 is 0. The van der Waals surface area contributed by atoms with E-state index in [1.54, 1.807) is 0 Å². The standard InChI is InChI=1S/C17H27NO2/c1-5-6-14(3)11-17(12-18,16(19)20-4)15-9-7-13(2)8-10-15/h7-10,14H,5-6,11-12,18H2,1-4H3. The molecule has 0 radical (unpaired) electrons. The van der Waals surface area contributed by atoms with Crippen molar-refractivity contribution in [3.63, 3.8) is 0 Å². The first-order valence-electron chi connectivity index (χ1n) is 7.35. The predicted molar refractivity (Wildman–Crippen MR) is 82.6 cm³/mol. The van der Waals surface area contributed by atoms with E-state index in [1.165, 1.54) is 12.7 Å². The van der Waals surface area contributed by atoms with Gasteiger partial charge in [-0.05, 0) is 24.8 Å². The molecule has 1 aromatic carbocycles. The number of esters is 1. The number of carbonyl (C=O) groups is 1. The van der Waals surface area contributed by atoms with Crippen molar-refractivity contribution in [2.75, 3.05) is 13.7 Å². The molecule has 2 N–H and O–H groups in total. The molecule has 0 aromatic heterocycles. The van der Waals surface area contributed by atoms with E-state index in [4.69, 9.17) is 10.5 Å². The quantitative estimate of drug-likeness (QED) is 0.779. The van der Waals surface area contributed by atoms with Crippen molar-refractivity contribution in [2.45, 2.75) is 45.4 Å². The molecule has 1 aromatic rings. The second-order valence-corrected chi connectivity index (χ2v) is 5.74. The van der Waals surface area contributed by atoms with Crippen LogP contribution in [0.25, 0.3) is 0 Å². The van der Waals surface area contributed by atoms with Crippen molar-refractivity contribution >= 4 is 5.97 Å². The molecule has 0 aliphatic rings. The summed E-state index contributed by atoms with van der Waals surface area (Å²) in [6.45, 7) is 6.64. The molecule has 0 aliphatic carbocycles. The fraction of sp³-hybridized carbons (Fsp3) is 0.588. The van der Waals surface area contributed by atoms with Gasteiger partial charge in [0, 0.05) is 6.54 Å². The van der Waals surface area contributed by atoms with Crippen LogP contribution in [0.3, 0.4) is 0 Å². The normalized spacial score (nSPS) is 15.4. The second kappa shape index (κ2) is 7.44. The Morgan fingerprint density at radius 2 is 1.95 bits per heavy atom. The average Bonchev–Trinajstić information content (AvgIpc) is 2.45. The topological polar surface area (TPSA) is 52.3 Å². The van der Waals surface area contributed by atoms with Crippen molar-refractivity contribution in [3.05, 3.63) is 35.4 Å². The lowest BCUT2D eigenvalue weighted by molar-refractivity contribution is -0.148. The molecule has 2 atom stereocenters. The maximum atomic E-state index is 12.4. The highest BCUT2D eigenvalue weighted by molar-refractivity contribution is 5.83. The van der Waals surface area contributed by atoms with Gasteiger partial charge in [-0.15, -0.1) is 0 Å². The Hall–Kier alpha value is -1.35. The molecule has 0 bridgehead atoms. The van der Waals surface area contributed by atoms with Crippen LogP contribution in [0.2, 0.25) is 0 Å². The molecule has 0 fully saturated rings. The Morgan fingerprint density at radius 1 is 1.35 bits per heavy atom. The van der Waals surface area contributed by atoms with Crippen molar-refractivity contribution in [1.29, 1.82) is 0 Å². The number of benzene rings is 1. The summed E-state index contributed by atoms with van der Waals surface area (Å²) in [4.78, 5) is 12.4. The molecule has 0 spiro atoms. The van der Waals surface area contributed by atoms with Gasteiger partial charge in [0.1, 0.15) is 5.41 Å². The van der Waals surface area contributed by atoms with Crippen molar-refractivity contribution in [1.82, 2.24) is 0 Å². The fourth-order valence-corrected chi connectivity index (χ4v) is 2.86. The minimum atomic E-state index is -0.725. The number of aryl methyl sites for hydroxylation is 1. The maximum absolute atomic E-state index is 12.4. The zero-order valence-corrected chi connectivity index (χ0v) is 13.1. The summed E-state index contributed by atoms with van der Waals surface area (Å²) in [5.74, 6) is 0.204. The summed E-state index contributed by atoms with van der Waals surface area (Å²) in [7, 11) is 1.44. The fourth-order valence-electron chi connectivity index (χ4n) is 2.86. The van der Waals surface area contributed by atoms with E-state index in [9.17, 15) is 4.79 Å². The summed E-state index contributed by atoms with van der Waals surface area (Å²) in [6.07, 6.45) is 2.93. The molecule has 1 rings (SSSR count). The van der Waals surface area contributed by atoms with Crippen molar-refractivity contribution in [2.24, 2.45) is 11.7 Å². The van der Waals surface area contributed by atoms with Gasteiger partial charge < -0.3 is 10.5 Å². The Kier molecular flexibility index (Phi) is 6.21. The van der Waals surface area contributed by atoms with Crippen LogP contribution in [0.1, 0.15) is 44.2 Å². The van der Waals surface area contributed by atoms with Gasteiger partial charge in [-0.2, -0.15) is 0 Å². The average molecular weight is 277 g/mol. The Morgan fingerprint density at radius 3 is 2.40 bits per heavy atom. The van der Waals surface area contributed by atoms with Gasteiger partial charge in [-0.1, -0.05) is 56.5 Å². The summed E-state index contributed by atoms with van der Waals surface area (Å²) in [5, 5.41) is 0. The number of nitrogens with two attached hydrogens (primary N) is 1. The van der Waals surface area contributed by atoms with E-state index in [0.717, 1.165) is 24.8 Å². The molecular weight excluding hydrogens is 250 g/mol. The molecular formula is C17H27NO2. The molecule has 0 saturated heterocycles. The number of methoxy groups -OCH3 is 1. The van der Waals surface area contributed by atoms with Gasteiger partial charge in [0.2, 0.25) is 0 Å². The molecule has 3 heteroatoms. The van der Waals surface area contributed by atoms with Crippen LogP contribution in [-0.2, 0) is 14.9 Å². The van der Waals surface area contributed by atoms with Crippen LogP contribution in [-0.4, -0.2) is 19.6 Å². The largest absolute Gasteiger partial charge is 0.468 e. The molecule has 2 unspecified atom stereocenters. The van der Waals surface area contributed by atoms with E-state index >= 15 is 0 Å². The van der Waals surface area contributed by atoms with Crippen LogP contribution in [0.5, 0.6) is 0 Å². The molecule has 0 amide bonds. The third-order valence-corrected chi connectivity index (χ3v) is 4.01. The minimum absolute atomic E-state index is 0.230. The molecule has 112 valence electrons. The summed E-state index contributed by atoms with van der Waals surface area (Å²) in [6, 6.07) is 8.04. The molecule has 0 heterocycles. The van der Waals surface area contributed by atoms with Gasteiger partial charge in [0.15, 0.2) is 0 Å². The van der Waals surface area contributed by atoms with Crippen molar-refractivity contribution < 1.29 is 9.53 Å². The van der Waals surface area contributed by atoms with Crippen molar-refractivity contribution in [3.8, 4) is 0 Å². The SMILES string of the molecule is CCCC(C)CC(CN)(C(=O)OC)c1ccc(C)cc1. The first-order valence-corrected chi connectivity index (χ1v) is 7.35. The van der Waals surface area contributed by atoms with E-state index in [2.05, 4.69) is 13.8 Å². The number of hydrogen-bond donors (Lipinski definition) is 1. The lowest BCUT2D eigenvalue weighted by Crippen LogP contribution is -2.45. The first kappa shape index (κ1) is 16.7. The molecule has 3 nitrogen and oxygen atoms in total. The lowest BCUT2D eigenvalue weighted by atomic mass is 9.73. The van der Waals surface area contributed by atoms with Gasteiger partial charge >= 0.3 is 5.97 Å². The third kappa shape index (κ3) is 3.60. The van der Waals surface area contributed by atoms with Crippen LogP contribution < -0.4 is 5.73 Å². The van der Waals surface area contributed by atoms with Gasteiger partial charge in [0.05, 0.1) is 7.11 Å². The Bertz CT molecular complexity index is 427. The van der Waals surface area contributed by atoms with Gasteiger partial charge in [0.25, 0.3) is 0 Å². The highest BCUT2D eigenvalue weighted by Gasteiger charge is 2.41. The van der Waals surface area contributed by atoms with Gasteiger partial charge in [-0.3, -0.25) is 4.79 Å². The Labute approximate surface area is 122 Å². The number of hydrogen-bond acceptors (Lipinski definition) is 3. The van der Waals surface area contributed by atoms with Crippen LogP contribution in [0, 0.1) is 12.8 Å². The van der Waals surface area contributed by atoms with Crippen LogP contribution in [0.15, 0.2) is 24.3 Å². The zero-order chi connectivity index (χ0) is 15.2. The summed E-state index contributed by atoms with van der Waals surface area (Å²) < 4.78 is 5.05. The van der Waals surface area contributed by atoms with Gasteiger partial charge in [-0.25, -0.2) is 0 Å². The van der Waals surface area contributed by atoms with Crippen LogP contribution in [0.4, 0.5) is 0 Å². The van der Waals surface area contributed by atoms with E-state index in [-0.39, 0.29) is 12.5 Å². The predicted octanol–water partition coefficient (Wildman–Crippen LogP) is 3.19. The van der Waals surface area contributed by atoms with E-state index in [0.29, 0.717) is 5.92 Å². The highest BCUT2D eigenvalue weighted by atomic mass is 16.5. The molecule has 20 heavy (non-hydrogen) atoms. The monoisotopic (exact) mass is 277 g/mol. The van der Waals surface area contributed by atoms with E-state index in [1.807, 2.05) is 31.2 Å². The minimum Gasteiger partial charge on any atom is -0.468 e.